The number of hydrogen-bond donors (Lipinski definition) is 0. The minimum atomic E-state index is 1.33. The van der Waals surface area contributed by atoms with E-state index in [1.54, 1.807) is 25.8 Å². The number of thiophene rings is 1. The number of rotatable bonds is 2. The predicted molar refractivity (Wildman–Crippen MR) is 50.0 cm³/mol. The molecular weight excluding hydrogens is 211 g/mol. The van der Waals surface area contributed by atoms with Crippen molar-refractivity contribution < 1.29 is 14.4 Å². The molecule has 64 valence electrons. The van der Waals surface area contributed by atoms with Crippen LogP contribution in [-0.4, -0.2) is 0 Å². The Balaban J connectivity index is 2.15. The van der Waals surface area contributed by atoms with Gasteiger partial charge in [-0.25, -0.2) is 0 Å². The van der Waals surface area contributed by atoms with Crippen molar-refractivity contribution in [3.05, 3.63) is 47.8 Å². The van der Waals surface area contributed by atoms with E-state index >= 15 is 0 Å². The molecule has 0 aliphatic heterocycles. The fourth-order valence-electron chi connectivity index (χ4n) is 0.839. The molecule has 0 unspecified atom stereocenters. The zero-order chi connectivity index (χ0) is 8.23. The SMILES string of the molecule is c1cc[c]([Ni][c]2cccs2)cc1. The molecule has 0 saturated carbocycles. The molecule has 0 radical (unpaired) electrons. The molecule has 1 heterocycles. The second-order valence-electron chi connectivity index (χ2n) is 2.23. The standard InChI is InChI=1S/C6H5.C4H3S.Ni/c1-2-4-6-5-3-1;1-2-4-5-3-1;/h1-5H;1-3H;. The van der Waals surface area contributed by atoms with Crippen molar-refractivity contribution in [3.8, 4) is 0 Å². The van der Waals surface area contributed by atoms with Crippen molar-refractivity contribution in [1.82, 2.24) is 0 Å². The predicted octanol–water partition coefficient (Wildman–Crippen LogP) is 1.78. The Bertz CT molecular complexity index is 326. The van der Waals surface area contributed by atoms with Gasteiger partial charge in [-0.2, -0.15) is 0 Å². The molecule has 2 aromatic rings. The van der Waals surface area contributed by atoms with E-state index in [0.29, 0.717) is 0 Å². The molecule has 2 rings (SSSR count). The third-order valence-electron chi connectivity index (χ3n) is 1.35. The van der Waals surface area contributed by atoms with Gasteiger partial charge < -0.3 is 0 Å². The second kappa shape index (κ2) is 3.88. The first-order chi connectivity index (χ1) is 5.95. The van der Waals surface area contributed by atoms with Crippen LogP contribution in [0.5, 0.6) is 0 Å². The van der Waals surface area contributed by atoms with Gasteiger partial charge in [0.25, 0.3) is 0 Å². The van der Waals surface area contributed by atoms with E-state index in [4.69, 9.17) is 0 Å². The fraction of sp³-hybridized carbons (Fsp3) is 0. The zero-order valence-electron chi connectivity index (χ0n) is 6.34. The molecule has 0 saturated heterocycles. The van der Waals surface area contributed by atoms with Crippen LogP contribution in [-0.2, 0) is 14.4 Å². The summed E-state index contributed by atoms with van der Waals surface area (Å²) in [6.45, 7) is 0. The molecule has 1 aromatic carbocycles. The number of benzene rings is 1. The Labute approximate surface area is 82.1 Å². The average molecular weight is 219 g/mol. The summed E-state index contributed by atoms with van der Waals surface area (Å²) in [6.07, 6.45) is 0. The normalized spacial score (nSPS) is 10.3. The second-order valence-corrected chi connectivity index (χ2v) is 4.81. The van der Waals surface area contributed by atoms with Gasteiger partial charge in [0.1, 0.15) is 0 Å². The first-order valence-corrected chi connectivity index (χ1v) is 5.49. The molecule has 0 aliphatic rings. The van der Waals surface area contributed by atoms with Crippen molar-refractivity contribution in [1.29, 1.82) is 0 Å². The maximum atomic E-state index is 2.15. The van der Waals surface area contributed by atoms with E-state index in [9.17, 15) is 0 Å². The number of hydrogen-bond acceptors (Lipinski definition) is 1. The Morgan fingerprint density at radius 2 is 1.75 bits per heavy atom. The molecular formula is C10H8NiS. The average Bonchev–Trinajstić information content (AvgIpc) is 2.59. The first kappa shape index (κ1) is 8.03. The van der Waals surface area contributed by atoms with Crippen LogP contribution in [0.1, 0.15) is 0 Å². The third kappa shape index (κ3) is 1.97. The maximum absolute atomic E-state index is 2.15. The summed E-state index contributed by atoms with van der Waals surface area (Å²) in [7, 11) is 0. The van der Waals surface area contributed by atoms with Gasteiger partial charge in [0.2, 0.25) is 0 Å². The molecule has 0 N–H and O–H groups in total. The molecule has 0 aliphatic carbocycles. The van der Waals surface area contributed by atoms with Crippen molar-refractivity contribution in [2.45, 2.75) is 0 Å². The van der Waals surface area contributed by atoms with Gasteiger partial charge in [-0.1, -0.05) is 0 Å². The van der Waals surface area contributed by atoms with Gasteiger partial charge in [0, 0.05) is 0 Å². The molecule has 0 nitrogen and oxygen atoms in total. The van der Waals surface area contributed by atoms with Gasteiger partial charge in [0.15, 0.2) is 0 Å². The Morgan fingerprint density at radius 3 is 2.42 bits per heavy atom. The van der Waals surface area contributed by atoms with E-state index in [0.717, 1.165) is 0 Å². The molecule has 0 amide bonds. The Kier molecular flexibility index (Phi) is 2.60. The van der Waals surface area contributed by atoms with Gasteiger partial charge in [-0.05, 0) is 0 Å². The van der Waals surface area contributed by atoms with Gasteiger partial charge in [-0.3, -0.25) is 0 Å². The minimum absolute atomic E-state index is 1.33. The van der Waals surface area contributed by atoms with Crippen molar-refractivity contribution in [2.75, 3.05) is 0 Å². The topological polar surface area (TPSA) is 0 Å². The van der Waals surface area contributed by atoms with Crippen molar-refractivity contribution in [3.63, 3.8) is 0 Å². The van der Waals surface area contributed by atoms with Crippen LogP contribution in [0.3, 0.4) is 0 Å². The summed E-state index contributed by atoms with van der Waals surface area (Å²) < 4.78 is 2.70. The molecule has 0 spiro atoms. The van der Waals surface area contributed by atoms with Crippen LogP contribution < -0.4 is 8.38 Å². The van der Waals surface area contributed by atoms with Gasteiger partial charge in [-0.15, -0.1) is 0 Å². The van der Waals surface area contributed by atoms with Crippen LogP contribution in [0.15, 0.2) is 47.8 Å². The fourth-order valence-corrected chi connectivity index (χ4v) is 2.81. The Hall–Kier alpha value is -0.586. The van der Waals surface area contributed by atoms with E-state index in [1.165, 1.54) is 8.38 Å². The van der Waals surface area contributed by atoms with Gasteiger partial charge >= 0.3 is 82.0 Å². The van der Waals surface area contributed by atoms with Gasteiger partial charge in [0.05, 0.1) is 0 Å². The van der Waals surface area contributed by atoms with Crippen LogP contribution in [0.4, 0.5) is 0 Å². The van der Waals surface area contributed by atoms with E-state index in [1.807, 2.05) is 6.07 Å². The summed E-state index contributed by atoms with van der Waals surface area (Å²) in [5.74, 6) is 0. The monoisotopic (exact) mass is 218 g/mol. The van der Waals surface area contributed by atoms with Crippen molar-refractivity contribution in [2.24, 2.45) is 0 Å². The Morgan fingerprint density at radius 1 is 0.917 bits per heavy atom. The summed E-state index contributed by atoms with van der Waals surface area (Å²) in [6, 6.07) is 14.7. The van der Waals surface area contributed by atoms with Crippen molar-refractivity contribution >= 4 is 19.7 Å². The summed E-state index contributed by atoms with van der Waals surface area (Å²) in [4.78, 5) is 0. The molecule has 2 heteroatoms. The van der Waals surface area contributed by atoms with Crippen LogP contribution in [0, 0.1) is 0 Å². The quantitative estimate of drug-likeness (QED) is 0.675. The van der Waals surface area contributed by atoms with Crippen LogP contribution in [0.25, 0.3) is 0 Å². The zero-order valence-corrected chi connectivity index (χ0v) is 8.15. The molecule has 1 aromatic heterocycles. The van der Waals surface area contributed by atoms with E-state index in [2.05, 4.69) is 41.8 Å². The summed E-state index contributed by atoms with van der Waals surface area (Å²) in [5.41, 5.74) is 0. The van der Waals surface area contributed by atoms with Crippen LogP contribution in [0.2, 0.25) is 0 Å². The molecule has 0 bridgehead atoms. The van der Waals surface area contributed by atoms with E-state index in [-0.39, 0.29) is 0 Å². The first-order valence-electron chi connectivity index (χ1n) is 3.62. The summed E-state index contributed by atoms with van der Waals surface area (Å²) in [5, 5.41) is 2.11. The molecule has 0 fully saturated rings. The van der Waals surface area contributed by atoms with Crippen LogP contribution >= 0.6 is 11.3 Å². The molecule has 0 atom stereocenters. The van der Waals surface area contributed by atoms with E-state index < -0.39 is 0 Å². The third-order valence-corrected chi connectivity index (χ3v) is 3.63. The summed E-state index contributed by atoms with van der Waals surface area (Å²) >= 11 is 3.42. The molecule has 12 heavy (non-hydrogen) atoms.